The van der Waals surface area contributed by atoms with E-state index in [1.165, 1.54) is 6.92 Å². The zero-order valence-corrected chi connectivity index (χ0v) is 31.1. The molecule has 0 unspecified atom stereocenters. The van der Waals surface area contributed by atoms with E-state index < -0.39 is 6.04 Å². The molecule has 0 spiro atoms. The van der Waals surface area contributed by atoms with E-state index in [-0.39, 0.29) is 41.9 Å². The molecule has 1 aromatic carbocycles. The lowest BCUT2D eigenvalue weighted by molar-refractivity contribution is -0.139. The van der Waals surface area contributed by atoms with Crippen molar-refractivity contribution < 1.29 is 19.1 Å². The Morgan fingerprint density at radius 1 is 0.981 bits per heavy atom. The molecule has 3 atom stereocenters. The molecule has 1 saturated heterocycles. The number of hydrogen-bond donors (Lipinski definition) is 0. The second kappa shape index (κ2) is 13.6. The van der Waals surface area contributed by atoms with Gasteiger partial charge in [0.25, 0.3) is 0 Å². The number of nitrogens with zero attached hydrogens (tertiary/aromatic N) is 7. The predicted molar refractivity (Wildman–Crippen MR) is 198 cm³/mol. The van der Waals surface area contributed by atoms with Gasteiger partial charge in [-0.05, 0) is 109 Å². The summed E-state index contributed by atoms with van der Waals surface area (Å²) in [6.45, 7) is 5.56. The van der Waals surface area contributed by atoms with Crippen molar-refractivity contribution in [2.45, 2.75) is 90.8 Å². The maximum atomic E-state index is 14.6. The van der Waals surface area contributed by atoms with Crippen LogP contribution in [0.4, 0.5) is 0 Å². The number of aromatic nitrogens is 6. The number of aryl methyl sites for hydroxylation is 4. The van der Waals surface area contributed by atoms with E-state index in [0.29, 0.717) is 46.1 Å². The molecule has 0 radical (unpaired) electrons. The van der Waals surface area contributed by atoms with Crippen LogP contribution in [0.1, 0.15) is 77.9 Å². The molecule has 1 aliphatic carbocycles. The van der Waals surface area contributed by atoms with Crippen LogP contribution >= 0.6 is 15.9 Å². The van der Waals surface area contributed by atoms with Crippen LogP contribution in [0, 0.1) is 19.3 Å². The average molecular weight is 763 g/mol. The molecule has 6 heterocycles. The molecule has 2 aliphatic heterocycles. The highest BCUT2D eigenvalue weighted by atomic mass is 79.9. The number of amides is 1. The average Bonchev–Trinajstić information content (AvgIpc) is 3.53. The first-order valence-corrected chi connectivity index (χ1v) is 18.8. The van der Waals surface area contributed by atoms with Gasteiger partial charge in [-0.3, -0.25) is 19.1 Å². The third-order valence-corrected chi connectivity index (χ3v) is 11.4. The number of piperidine rings is 1. The number of benzene rings is 1. The van der Waals surface area contributed by atoms with Crippen molar-refractivity contribution in [1.82, 2.24) is 34.6 Å². The molecule has 4 bridgehead atoms. The lowest BCUT2D eigenvalue weighted by Gasteiger charge is -2.27. The monoisotopic (exact) mass is 761 g/mol. The van der Waals surface area contributed by atoms with Crippen molar-refractivity contribution >= 4 is 44.3 Å². The molecule has 266 valence electrons. The predicted octanol–water partition coefficient (Wildman–Crippen LogP) is 6.38. The summed E-state index contributed by atoms with van der Waals surface area (Å²) in [4.78, 5) is 61.9. The fourth-order valence-electron chi connectivity index (χ4n) is 8.06. The van der Waals surface area contributed by atoms with Crippen LogP contribution < -0.4 is 4.74 Å². The molecule has 2 fully saturated rings. The van der Waals surface area contributed by atoms with E-state index in [0.717, 1.165) is 72.0 Å². The van der Waals surface area contributed by atoms with E-state index >= 15 is 0 Å². The first-order chi connectivity index (χ1) is 25.1. The second-order valence-electron chi connectivity index (χ2n) is 14.6. The van der Waals surface area contributed by atoms with Crippen LogP contribution in [0.15, 0.2) is 59.5 Å². The largest absolute Gasteiger partial charge is 0.477 e. The van der Waals surface area contributed by atoms with E-state index in [1.807, 2.05) is 50.2 Å². The molecule has 3 aliphatic rings. The van der Waals surface area contributed by atoms with Crippen molar-refractivity contribution in [2.75, 3.05) is 6.61 Å². The summed E-state index contributed by atoms with van der Waals surface area (Å²) in [6.07, 6.45) is 9.30. The number of rotatable bonds is 5. The van der Waals surface area contributed by atoms with E-state index in [1.54, 1.807) is 22.0 Å². The Kier molecular flexibility index (Phi) is 8.97. The van der Waals surface area contributed by atoms with Crippen molar-refractivity contribution in [3.8, 4) is 17.0 Å². The number of ether oxygens (including phenoxy) is 1. The molecule has 11 nitrogen and oxygen atoms in total. The van der Waals surface area contributed by atoms with Gasteiger partial charge in [-0.25, -0.2) is 19.9 Å². The topological polar surface area (TPSA) is 133 Å². The maximum absolute atomic E-state index is 14.6. The zero-order valence-electron chi connectivity index (χ0n) is 29.6. The molecule has 12 heteroatoms. The molecular formula is C40H40BrN7O4. The summed E-state index contributed by atoms with van der Waals surface area (Å²) in [5.74, 6) is 0.798. The lowest BCUT2D eigenvalue weighted by Crippen LogP contribution is -2.45. The van der Waals surface area contributed by atoms with Gasteiger partial charge in [0.1, 0.15) is 22.7 Å². The molecule has 5 aromatic rings. The smallest absolute Gasteiger partial charge is 0.245 e. The summed E-state index contributed by atoms with van der Waals surface area (Å²) >= 11 is 3.44. The minimum absolute atomic E-state index is 0.0555. The van der Waals surface area contributed by atoms with Crippen LogP contribution in [0.5, 0.6) is 5.88 Å². The number of hydrogen-bond acceptors (Lipinski definition) is 9. The van der Waals surface area contributed by atoms with Crippen LogP contribution in [0.3, 0.4) is 0 Å². The highest BCUT2D eigenvalue weighted by Crippen LogP contribution is 2.60. The highest BCUT2D eigenvalue weighted by Gasteiger charge is 2.67. The minimum atomic E-state index is -0.641. The number of pyridine rings is 2. The maximum Gasteiger partial charge on any atom is 0.245 e. The third kappa shape index (κ3) is 6.53. The van der Waals surface area contributed by atoms with E-state index in [2.05, 4.69) is 36.9 Å². The number of halogens is 1. The quantitative estimate of drug-likeness (QED) is 0.148. The standard InChI is InChI=1S/C40H40BrN7O4/c1-23-12-13-35(41)45-31(23)16-33(50)32-17-40-18-34(40)48(32)37(51)21-47-39-26(8-5-4-6-9-29-10-7-11-36(44-29)52-22-40)14-27(28-19-42-25(3)43-20-28)15-30(39)38(46-47)24(2)49/h7,10-15,19-20,32,34H,4-6,8-9,16-18,21-22H2,1-3H3/t32-,34+,40-/m0/s1. The van der Waals surface area contributed by atoms with E-state index in [9.17, 15) is 14.4 Å². The summed E-state index contributed by atoms with van der Waals surface area (Å²) in [5, 5.41) is 5.50. The summed E-state index contributed by atoms with van der Waals surface area (Å²) < 4.78 is 8.67. The summed E-state index contributed by atoms with van der Waals surface area (Å²) in [7, 11) is 0. The number of ketones is 2. The van der Waals surface area contributed by atoms with Crippen LogP contribution in [0.2, 0.25) is 0 Å². The Labute approximate surface area is 310 Å². The Morgan fingerprint density at radius 2 is 1.79 bits per heavy atom. The van der Waals surface area contributed by atoms with Gasteiger partial charge in [-0.15, -0.1) is 0 Å². The number of carbonyl (C=O) groups is 3. The Balaban J connectivity index is 1.21. The zero-order chi connectivity index (χ0) is 36.1. The molecule has 52 heavy (non-hydrogen) atoms. The fraction of sp³-hybridized carbons (Fsp3) is 0.400. The third-order valence-electron chi connectivity index (χ3n) is 10.9. The lowest BCUT2D eigenvalue weighted by atomic mass is 9.95. The molecule has 4 aromatic heterocycles. The van der Waals surface area contributed by atoms with Gasteiger partial charge in [0.15, 0.2) is 11.6 Å². The molecule has 1 amide bonds. The van der Waals surface area contributed by atoms with Crippen molar-refractivity contribution in [2.24, 2.45) is 5.41 Å². The highest BCUT2D eigenvalue weighted by molar-refractivity contribution is 9.10. The van der Waals surface area contributed by atoms with Gasteiger partial charge in [0.2, 0.25) is 11.8 Å². The normalized spacial score (nSPS) is 21.6. The Morgan fingerprint density at radius 3 is 2.60 bits per heavy atom. The van der Waals surface area contributed by atoms with Crippen LogP contribution in [-0.2, 0) is 35.4 Å². The van der Waals surface area contributed by atoms with Crippen LogP contribution in [0.25, 0.3) is 22.0 Å². The van der Waals surface area contributed by atoms with Crippen molar-refractivity contribution in [3.05, 3.63) is 93.5 Å². The minimum Gasteiger partial charge on any atom is -0.477 e. The molecular weight excluding hydrogens is 722 g/mol. The van der Waals surface area contributed by atoms with Crippen LogP contribution in [-0.4, -0.2) is 70.8 Å². The fourth-order valence-corrected chi connectivity index (χ4v) is 8.40. The van der Waals surface area contributed by atoms with Gasteiger partial charge in [-0.2, -0.15) is 5.10 Å². The van der Waals surface area contributed by atoms with Crippen molar-refractivity contribution in [1.29, 1.82) is 0 Å². The van der Waals surface area contributed by atoms with E-state index in [4.69, 9.17) is 14.8 Å². The van der Waals surface area contributed by atoms with Gasteiger partial charge < -0.3 is 9.64 Å². The first kappa shape index (κ1) is 34.3. The van der Waals surface area contributed by atoms with Gasteiger partial charge in [0, 0.05) is 53.5 Å². The summed E-state index contributed by atoms with van der Waals surface area (Å²) in [5.41, 5.74) is 6.05. The summed E-state index contributed by atoms with van der Waals surface area (Å²) in [6, 6.07) is 13.0. The molecule has 0 N–H and O–H groups in total. The van der Waals surface area contributed by atoms with Gasteiger partial charge in [0.05, 0.1) is 30.3 Å². The SMILES string of the molecule is CC(=O)c1nn2c3c(cc(-c4cnc(C)nc4)cc13)CCCCCc1cccc(n1)OC[C@@]13C[C@@H](C(=O)Cc4nc(Br)ccc4C)N(C(=O)C2)[C@@H]1C3. The van der Waals surface area contributed by atoms with Gasteiger partial charge >= 0.3 is 0 Å². The molecule has 8 rings (SSSR count). The number of fused-ring (bicyclic) bond motifs is 2. The molecule has 1 saturated carbocycles. The van der Waals surface area contributed by atoms with Crippen molar-refractivity contribution in [3.63, 3.8) is 0 Å². The Hall–Kier alpha value is -4.84. The number of Topliss-reactive ketones (excluding diaryl/α,β-unsaturated/α-hetero) is 2. The van der Waals surface area contributed by atoms with Gasteiger partial charge in [-0.1, -0.05) is 18.6 Å². The number of carbonyl (C=O) groups excluding carboxylic acids is 3. The first-order valence-electron chi connectivity index (χ1n) is 18.0. The Bertz CT molecular complexity index is 2240. The second-order valence-corrected chi connectivity index (χ2v) is 15.4.